The summed E-state index contributed by atoms with van der Waals surface area (Å²) in [6.07, 6.45) is 2.17. The van der Waals surface area contributed by atoms with Gasteiger partial charge in [0, 0.05) is 34.5 Å². The molecule has 2 N–H and O–H groups in total. The summed E-state index contributed by atoms with van der Waals surface area (Å²) in [5, 5.41) is 6.24. The van der Waals surface area contributed by atoms with E-state index in [2.05, 4.69) is 15.3 Å². The van der Waals surface area contributed by atoms with Crippen molar-refractivity contribution in [1.29, 1.82) is 0 Å². The van der Waals surface area contributed by atoms with Gasteiger partial charge in [-0.15, -0.1) is 11.3 Å². The van der Waals surface area contributed by atoms with Crippen molar-refractivity contribution in [3.8, 4) is 10.6 Å². The third-order valence-corrected chi connectivity index (χ3v) is 5.82. The molecule has 0 saturated heterocycles. The van der Waals surface area contributed by atoms with Gasteiger partial charge in [-0.3, -0.25) is 4.79 Å². The zero-order valence-electron chi connectivity index (χ0n) is 16.6. The fourth-order valence-electron chi connectivity index (χ4n) is 3.29. The Morgan fingerprint density at radius 3 is 2.70 bits per heavy atom. The zero-order valence-corrected chi connectivity index (χ0v) is 17.5. The van der Waals surface area contributed by atoms with Crippen LogP contribution in [0, 0.1) is 6.92 Å². The van der Waals surface area contributed by atoms with Crippen molar-refractivity contribution in [1.82, 2.24) is 15.3 Å². The maximum absolute atomic E-state index is 12.8. The van der Waals surface area contributed by atoms with Crippen LogP contribution in [0.3, 0.4) is 0 Å². The topological polar surface area (TPSA) is 84.1 Å². The number of aromatic amines is 1. The van der Waals surface area contributed by atoms with Gasteiger partial charge in [-0.25, -0.2) is 9.78 Å². The number of hydrogen-bond acceptors (Lipinski definition) is 5. The fraction of sp³-hybridized carbons (Fsp3) is 0.174. The van der Waals surface area contributed by atoms with Crippen LogP contribution in [0.2, 0.25) is 0 Å². The Bertz CT molecular complexity index is 1190. The Morgan fingerprint density at radius 2 is 1.93 bits per heavy atom. The van der Waals surface area contributed by atoms with Crippen LogP contribution in [0.1, 0.15) is 21.6 Å². The van der Waals surface area contributed by atoms with E-state index in [0.29, 0.717) is 6.42 Å². The van der Waals surface area contributed by atoms with Crippen molar-refractivity contribution in [2.24, 2.45) is 0 Å². The molecule has 2 aromatic carbocycles. The number of carbonyl (C=O) groups excluding carboxylic acids is 2. The number of nitrogens with one attached hydrogen (secondary N) is 2. The Balaban J connectivity index is 1.53. The highest BCUT2D eigenvalue weighted by atomic mass is 32.1. The minimum absolute atomic E-state index is 0.281. The average Bonchev–Trinajstić information content (AvgIpc) is 3.41. The first-order valence-corrected chi connectivity index (χ1v) is 10.4. The quantitative estimate of drug-likeness (QED) is 0.461. The Kier molecular flexibility index (Phi) is 5.63. The van der Waals surface area contributed by atoms with Crippen molar-refractivity contribution < 1.29 is 14.3 Å². The minimum atomic E-state index is -0.814. The van der Waals surface area contributed by atoms with Gasteiger partial charge in [0.2, 0.25) is 0 Å². The van der Waals surface area contributed by atoms with E-state index in [1.54, 1.807) is 5.38 Å². The van der Waals surface area contributed by atoms with Crippen molar-refractivity contribution in [3.05, 3.63) is 76.9 Å². The number of para-hydroxylation sites is 1. The molecule has 0 fully saturated rings. The molecule has 4 aromatic rings. The highest BCUT2D eigenvalue weighted by Gasteiger charge is 2.25. The van der Waals surface area contributed by atoms with Gasteiger partial charge < -0.3 is 15.0 Å². The van der Waals surface area contributed by atoms with Gasteiger partial charge in [-0.05, 0) is 18.6 Å². The second-order valence-electron chi connectivity index (χ2n) is 7.02. The molecule has 7 heteroatoms. The molecule has 6 nitrogen and oxygen atoms in total. The molecule has 0 radical (unpaired) electrons. The number of H-pyrrole nitrogens is 1. The van der Waals surface area contributed by atoms with Gasteiger partial charge in [-0.1, -0.05) is 48.0 Å². The Hall–Kier alpha value is -3.45. The smallest absolute Gasteiger partial charge is 0.328 e. The van der Waals surface area contributed by atoms with Crippen molar-refractivity contribution in [2.45, 2.75) is 19.4 Å². The second-order valence-corrected chi connectivity index (χ2v) is 7.87. The number of benzene rings is 2. The lowest BCUT2D eigenvalue weighted by Gasteiger charge is -2.15. The number of rotatable bonds is 6. The van der Waals surface area contributed by atoms with Gasteiger partial charge in [0.05, 0.1) is 7.11 Å². The molecule has 0 aliphatic rings. The number of nitrogens with zero attached hydrogens (tertiary/aromatic N) is 1. The molecule has 1 amide bonds. The van der Waals surface area contributed by atoms with E-state index in [4.69, 9.17) is 4.74 Å². The van der Waals surface area contributed by atoms with Crippen LogP contribution in [0.5, 0.6) is 0 Å². The normalized spacial score (nSPS) is 11.9. The van der Waals surface area contributed by atoms with Crippen molar-refractivity contribution >= 4 is 34.1 Å². The maximum Gasteiger partial charge on any atom is 0.328 e. The summed E-state index contributed by atoms with van der Waals surface area (Å²) in [5.74, 6) is -0.900. The fourth-order valence-corrected chi connectivity index (χ4v) is 4.10. The molecule has 0 saturated carbocycles. The highest BCUT2D eigenvalue weighted by molar-refractivity contribution is 7.13. The Morgan fingerprint density at radius 1 is 1.17 bits per heavy atom. The summed E-state index contributed by atoms with van der Waals surface area (Å²) >= 11 is 1.39. The van der Waals surface area contributed by atoms with E-state index in [1.807, 2.05) is 61.7 Å². The van der Waals surface area contributed by atoms with Crippen LogP contribution in [0.15, 0.2) is 60.1 Å². The van der Waals surface area contributed by atoms with Crippen LogP contribution in [-0.4, -0.2) is 35.0 Å². The summed E-state index contributed by atoms with van der Waals surface area (Å²) in [6.45, 7) is 2.02. The largest absolute Gasteiger partial charge is 0.467 e. The molecular weight excluding hydrogens is 398 g/mol. The maximum atomic E-state index is 12.8. The number of esters is 1. The lowest BCUT2D eigenvalue weighted by atomic mass is 10.0. The number of aryl methyl sites for hydroxylation is 1. The van der Waals surface area contributed by atoms with Gasteiger partial charge >= 0.3 is 5.97 Å². The third-order valence-electron chi connectivity index (χ3n) is 4.93. The summed E-state index contributed by atoms with van der Waals surface area (Å²) < 4.78 is 4.91. The minimum Gasteiger partial charge on any atom is -0.467 e. The molecule has 0 bridgehead atoms. The molecule has 2 heterocycles. The van der Waals surface area contributed by atoms with E-state index in [1.165, 1.54) is 18.4 Å². The van der Waals surface area contributed by atoms with Crippen LogP contribution >= 0.6 is 11.3 Å². The molecule has 30 heavy (non-hydrogen) atoms. The standard InChI is InChI=1S/C23H21N3O3S/c1-14-7-9-15(10-8-14)22-26-20(13-30-22)21(27)25-19(23(28)29-2)11-16-12-24-18-6-4-3-5-17(16)18/h3-10,12-13,19,24H,11H2,1-2H3,(H,25,27). The van der Waals surface area contributed by atoms with Gasteiger partial charge in [0.1, 0.15) is 16.7 Å². The Labute approximate surface area is 177 Å². The van der Waals surface area contributed by atoms with E-state index < -0.39 is 17.9 Å². The van der Waals surface area contributed by atoms with Crippen LogP contribution < -0.4 is 5.32 Å². The number of hydrogen-bond donors (Lipinski definition) is 2. The number of methoxy groups -OCH3 is 1. The lowest BCUT2D eigenvalue weighted by molar-refractivity contribution is -0.142. The average molecular weight is 420 g/mol. The summed E-state index contributed by atoms with van der Waals surface area (Å²) in [6, 6.07) is 15.0. The zero-order chi connectivity index (χ0) is 21.1. The van der Waals surface area contributed by atoms with E-state index in [0.717, 1.165) is 32.6 Å². The molecule has 0 spiro atoms. The first kappa shape index (κ1) is 19.8. The second kappa shape index (κ2) is 8.51. The highest BCUT2D eigenvalue weighted by Crippen LogP contribution is 2.24. The first-order valence-electron chi connectivity index (χ1n) is 9.51. The molecule has 2 aromatic heterocycles. The summed E-state index contributed by atoms with van der Waals surface area (Å²) in [7, 11) is 1.31. The number of ether oxygens (including phenoxy) is 1. The van der Waals surface area contributed by atoms with E-state index in [-0.39, 0.29) is 5.69 Å². The number of aromatic nitrogens is 2. The van der Waals surface area contributed by atoms with Gasteiger partial charge in [-0.2, -0.15) is 0 Å². The van der Waals surface area contributed by atoms with E-state index in [9.17, 15) is 9.59 Å². The molecule has 0 aliphatic heterocycles. The van der Waals surface area contributed by atoms with E-state index >= 15 is 0 Å². The predicted octanol–water partition coefficient (Wildman–Crippen LogP) is 4.11. The number of amides is 1. The van der Waals surface area contributed by atoms with Crippen LogP contribution in [0.4, 0.5) is 0 Å². The lowest BCUT2D eigenvalue weighted by Crippen LogP contribution is -2.43. The molecule has 152 valence electrons. The van der Waals surface area contributed by atoms with Crippen LogP contribution in [0.25, 0.3) is 21.5 Å². The van der Waals surface area contributed by atoms with Crippen molar-refractivity contribution in [2.75, 3.05) is 7.11 Å². The number of thiazole rings is 1. The first-order chi connectivity index (χ1) is 14.5. The van der Waals surface area contributed by atoms with Crippen molar-refractivity contribution in [3.63, 3.8) is 0 Å². The number of carbonyl (C=O) groups is 2. The molecule has 0 aliphatic carbocycles. The summed E-state index contributed by atoms with van der Waals surface area (Å²) in [4.78, 5) is 32.7. The van der Waals surface area contributed by atoms with Gasteiger partial charge in [0.25, 0.3) is 5.91 Å². The summed E-state index contributed by atoms with van der Waals surface area (Å²) in [5.41, 5.74) is 4.30. The molecular formula is C23H21N3O3S. The number of fused-ring (bicyclic) bond motifs is 1. The van der Waals surface area contributed by atoms with Gasteiger partial charge in [0.15, 0.2) is 0 Å². The molecule has 4 rings (SSSR count). The predicted molar refractivity (Wildman–Crippen MR) is 118 cm³/mol. The monoisotopic (exact) mass is 419 g/mol. The molecule has 1 unspecified atom stereocenters. The third kappa shape index (κ3) is 4.11. The SMILES string of the molecule is COC(=O)C(Cc1c[nH]c2ccccc12)NC(=O)c1csc(-c2ccc(C)cc2)n1. The van der Waals surface area contributed by atoms with Crippen LogP contribution in [-0.2, 0) is 16.0 Å². The molecule has 1 atom stereocenters.